The van der Waals surface area contributed by atoms with Crippen molar-refractivity contribution in [3.05, 3.63) is 64.4 Å². The van der Waals surface area contributed by atoms with Gasteiger partial charge in [-0.2, -0.15) is 21.6 Å². The minimum Gasteiger partial charge on any atom is -0.370 e. The van der Waals surface area contributed by atoms with E-state index >= 15 is 4.39 Å². The van der Waals surface area contributed by atoms with Gasteiger partial charge in [-0.25, -0.2) is 19.2 Å². The first-order valence-electron chi connectivity index (χ1n) is 11.8. The molecule has 1 aromatic carbocycles. The maximum absolute atomic E-state index is 15.5. The number of nitrogens with zero attached hydrogens (tertiary/aromatic N) is 5. The Bertz CT molecular complexity index is 1400. The number of benzene rings is 1. The molecule has 1 aliphatic heterocycles. The molecule has 0 bridgehead atoms. The topological polar surface area (TPSA) is 95.9 Å². The van der Waals surface area contributed by atoms with Gasteiger partial charge in [0.05, 0.1) is 17.4 Å². The molecular weight excluding hydrogens is 562 g/mol. The standard InChI is InChI=1S/C24H25F4N5O4S2/c1-16-19(31(2)18-8-10-32(11-9-18)13-17-6-4-3-5-7-17)12-29-22(21(16)25)39(35,36)33(20-14-38-15-30-20)37-23(34)24(26,27)28/h3-7,12,14-15,18H,8-11,13H2,1-2H3. The van der Waals surface area contributed by atoms with E-state index in [2.05, 4.69) is 31.8 Å². The Morgan fingerprint density at radius 1 is 1.18 bits per heavy atom. The second-order valence-electron chi connectivity index (χ2n) is 8.95. The van der Waals surface area contributed by atoms with Crippen molar-refractivity contribution in [1.29, 1.82) is 0 Å². The van der Waals surface area contributed by atoms with Gasteiger partial charge in [0.15, 0.2) is 11.6 Å². The first-order chi connectivity index (χ1) is 18.4. The van der Waals surface area contributed by atoms with Gasteiger partial charge in [-0.05, 0) is 25.3 Å². The summed E-state index contributed by atoms with van der Waals surface area (Å²) >= 11 is 0.830. The summed E-state index contributed by atoms with van der Waals surface area (Å²) in [7, 11) is -3.46. The molecule has 0 spiro atoms. The van der Waals surface area contributed by atoms with Crippen LogP contribution in [-0.2, 0) is 26.2 Å². The minimum atomic E-state index is -5.51. The second-order valence-corrected chi connectivity index (χ2v) is 11.3. The van der Waals surface area contributed by atoms with E-state index < -0.39 is 38.8 Å². The van der Waals surface area contributed by atoms with E-state index in [1.54, 1.807) is 7.05 Å². The molecule has 4 rings (SSSR count). The number of thiazole rings is 1. The van der Waals surface area contributed by atoms with Crippen molar-refractivity contribution in [2.24, 2.45) is 0 Å². The van der Waals surface area contributed by atoms with Gasteiger partial charge >= 0.3 is 22.2 Å². The number of pyridine rings is 1. The molecule has 0 atom stereocenters. The molecule has 15 heteroatoms. The number of anilines is 2. The summed E-state index contributed by atoms with van der Waals surface area (Å²) in [6, 6.07) is 10.1. The molecule has 0 saturated carbocycles. The highest BCUT2D eigenvalue weighted by atomic mass is 32.2. The molecule has 0 unspecified atom stereocenters. The second kappa shape index (κ2) is 11.4. The lowest BCUT2D eigenvalue weighted by Gasteiger charge is -2.38. The van der Waals surface area contributed by atoms with Crippen LogP contribution in [0.15, 0.2) is 52.4 Å². The van der Waals surface area contributed by atoms with Gasteiger partial charge in [-0.15, -0.1) is 11.3 Å². The van der Waals surface area contributed by atoms with Crippen LogP contribution in [0.1, 0.15) is 24.0 Å². The van der Waals surface area contributed by atoms with E-state index in [4.69, 9.17) is 0 Å². The van der Waals surface area contributed by atoms with Gasteiger partial charge in [-0.1, -0.05) is 34.8 Å². The average molecular weight is 588 g/mol. The van der Waals surface area contributed by atoms with E-state index in [9.17, 15) is 26.4 Å². The number of aromatic nitrogens is 2. The largest absolute Gasteiger partial charge is 0.493 e. The summed E-state index contributed by atoms with van der Waals surface area (Å²) in [5.74, 6) is -4.74. The highest BCUT2D eigenvalue weighted by Crippen LogP contribution is 2.32. The van der Waals surface area contributed by atoms with Crippen LogP contribution in [0, 0.1) is 12.7 Å². The summed E-state index contributed by atoms with van der Waals surface area (Å²) in [6.45, 7) is 3.77. The normalized spacial score (nSPS) is 15.2. The quantitative estimate of drug-likeness (QED) is 0.285. The number of halogens is 4. The van der Waals surface area contributed by atoms with Gasteiger partial charge in [0.2, 0.25) is 5.03 Å². The van der Waals surface area contributed by atoms with Crippen LogP contribution in [0.3, 0.4) is 0 Å². The Kier molecular flexibility index (Phi) is 8.42. The maximum Gasteiger partial charge on any atom is 0.493 e. The summed E-state index contributed by atoms with van der Waals surface area (Å²) in [5, 5.41) is -0.170. The number of hydrogen-bond acceptors (Lipinski definition) is 9. The molecule has 210 valence electrons. The number of carbonyl (C=O) groups excluding carboxylic acids is 1. The number of piperidine rings is 1. The van der Waals surface area contributed by atoms with Crippen molar-refractivity contribution >= 4 is 38.8 Å². The number of carbonyl (C=O) groups is 1. The fraction of sp³-hybridized carbons (Fsp3) is 0.375. The predicted molar refractivity (Wildman–Crippen MR) is 136 cm³/mol. The molecule has 39 heavy (non-hydrogen) atoms. The Balaban J connectivity index is 1.53. The molecule has 0 N–H and O–H groups in total. The van der Waals surface area contributed by atoms with Gasteiger partial charge in [0.1, 0.15) is 0 Å². The van der Waals surface area contributed by atoms with Crippen molar-refractivity contribution in [3.8, 4) is 0 Å². The monoisotopic (exact) mass is 587 g/mol. The van der Waals surface area contributed by atoms with Crippen LogP contribution >= 0.6 is 11.3 Å². The summed E-state index contributed by atoms with van der Waals surface area (Å²) < 4.78 is 79.9. The lowest BCUT2D eigenvalue weighted by Crippen LogP contribution is -2.43. The Morgan fingerprint density at radius 3 is 2.44 bits per heavy atom. The zero-order valence-electron chi connectivity index (χ0n) is 20.9. The van der Waals surface area contributed by atoms with Crippen LogP contribution in [0.2, 0.25) is 0 Å². The fourth-order valence-corrected chi connectivity index (χ4v) is 6.11. The van der Waals surface area contributed by atoms with E-state index in [0.29, 0.717) is 5.69 Å². The number of alkyl halides is 3. The van der Waals surface area contributed by atoms with Crippen LogP contribution < -0.4 is 9.37 Å². The van der Waals surface area contributed by atoms with E-state index in [1.807, 2.05) is 23.1 Å². The van der Waals surface area contributed by atoms with Crippen molar-refractivity contribution in [3.63, 3.8) is 0 Å². The molecule has 9 nitrogen and oxygen atoms in total. The van der Waals surface area contributed by atoms with E-state index in [0.717, 1.165) is 60.9 Å². The minimum absolute atomic E-state index is 0.0265. The highest BCUT2D eigenvalue weighted by molar-refractivity contribution is 7.92. The third-order valence-corrected chi connectivity index (χ3v) is 8.45. The fourth-order valence-electron chi connectivity index (χ4n) is 4.31. The van der Waals surface area contributed by atoms with Crippen molar-refractivity contribution < 1.29 is 35.6 Å². The third kappa shape index (κ3) is 6.31. The average Bonchev–Trinajstić information content (AvgIpc) is 3.43. The molecular formula is C24H25F4N5O4S2. The first kappa shape index (κ1) is 28.7. The summed E-state index contributed by atoms with van der Waals surface area (Å²) in [4.78, 5) is 27.0. The summed E-state index contributed by atoms with van der Waals surface area (Å²) in [5.41, 5.74) is 2.58. The van der Waals surface area contributed by atoms with Gasteiger partial charge in [0.25, 0.3) is 0 Å². The van der Waals surface area contributed by atoms with Crippen LogP contribution in [0.5, 0.6) is 0 Å². The van der Waals surface area contributed by atoms with Crippen LogP contribution in [0.25, 0.3) is 0 Å². The van der Waals surface area contributed by atoms with Crippen molar-refractivity contribution in [2.45, 2.75) is 43.6 Å². The van der Waals surface area contributed by atoms with Crippen molar-refractivity contribution in [1.82, 2.24) is 14.9 Å². The predicted octanol–water partition coefficient (Wildman–Crippen LogP) is 4.30. The zero-order valence-corrected chi connectivity index (χ0v) is 22.6. The third-order valence-electron chi connectivity index (χ3n) is 6.41. The SMILES string of the molecule is Cc1c(N(C)C2CCN(Cc3ccccc3)CC2)cnc(S(=O)(=O)N(OC(=O)C(F)(F)F)c2cscn2)c1F. The van der Waals surface area contributed by atoms with Crippen LogP contribution in [-0.4, -0.2) is 61.6 Å². The smallest absolute Gasteiger partial charge is 0.370 e. The molecule has 0 radical (unpaired) electrons. The van der Waals surface area contributed by atoms with Gasteiger partial charge < -0.3 is 9.74 Å². The van der Waals surface area contributed by atoms with E-state index in [1.165, 1.54) is 12.5 Å². The molecule has 0 aliphatic carbocycles. The number of likely N-dealkylation sites (tertiary alicyclic amines) is 1. The van der Waals surface area contributed by atoms with Gasteiger partial charge in [0, 0.05) is 43.7 Å². The molecule has 1 fully saturated rings. The molecule has 3 aromatic rings. The lowest BCUT2D eigenvalue weighted by atomic mass is 10.0. The Labute approximate surface area is 226 Å². The first-order valence-corrected chi connectivity index (χ1v) is 14.1. The molecule has 1 aliphatic rings. The van der Waals surface area contributed by atoms with Crippen molar-refractivity contribution in [2.75, 3.05) is 29.5 Å². The zero-order chi connectivity index (χ0) is 28.4. The molecule has 3 heterocycles. The van der Waals surface area contributed by atoms with Crippen LogP contribution in [0.4, 0.5) is 29.1 Å². The van der Waals surface area contributed by atoms with Gasteiger partial charge in [-0.3, -0.25) is 4.90 Å². The molecule has 1 saturated heterocycles. The molecule has 0 amide bonds. The Hall–Kier alpha value is -3.30. The van der Waals surface area contributed by atoms with E-state index in [-0.39, 0.29) is 16.1 Å². The number of rotatable bonds is 8. The Morgan fingerprint density at radius 2 is 1.85 bits per heavy atom. The maximum atomic E-state index is 15.5. The molecule has 2 aromatic heterocycles. The number of hydrogen-bond donors (Lipinski definition) is 0. The number of sulfonamides is 1. The highest BCUT2D eigenvalue weighted by Gasteiger charge is 2.46. The lowest BCUT2D eigenvalue weighted by molar-refractivity contribution is -0.199. The summed E-state index contributed by atoms with van der Waals surface area (Å²) in [6.07, 6.45) is -2.81.